The van der Waals surface area contributed by atoms with Crippen LogP contribution in [0.25, 0.3) is 0 Å². The molecule has 15 heavy (non-hydrogen) atoms. The molecule has 0 saturated heterocycles. The van der Waals surface area contributed by atoms with Crippen LogP contribution in [0.4, 0.5) is 4.79 Å². The normalized spacial score (nSPS) is 15.7. The number of rotatable bonds is 0. The highest BCUT2D eigenvalue weighted by molar-refractivity contribution is 5.73. The van der Waals surface area contributed by atoms with Gasteiger partial charge in [0.25, 0.3) is 0 Å². The van der Waals surface area contributed by atoms with Crippen molar-refractivity contribution in [3.05, 3.63) is 17.7 Å². The average Bonchev–Trinajstić information content (AvgIpc) is 2.57. The Labute approximate surface area is 89.1 Å². The number of hydrogen-bond acceptors (Lipinski definition) is 2. The number of nitrogens with one attached hydrogen (secondary N) is 1. The van der Waals surface area contributed by atoms with E-state index in [0.717, 1.165) is 31.6 Å². The number of carbonyl (C=O) groups excluding carboxylic acids is 1. The Morgan fingerprint density at radius 2 is 2.20 bits per heavy atom. The number of amides is 2. The number of aromatic nitrogens is 2. The molecule has 0 bridgehead atoms. The summed E-state index contributed by atoms with van der Waals surface area (Å²) >= 11 is 0. The van der Waals surface area contributed by atoms with Crippen molar-refractivity contribution in [3.63, 3.8) is 0 Å². The van der Waals surface area contributed by atoms with Gasteiger partial charge in [-0.3, -0.25) is 0 Å². The minimum absolute atomic E-state index is 0.0835. The largest absolute Gasteiger partial charge is 0.348 e. The van der Waals surface area contributed by atoms with Crippen LogP contribution >= 0.6 is 0 Å². The van der Waals surface area contributed by atoms with Crippen molar-refractivity contribution < 1.29 is 4.79 Å². The Balaban J connectivity index is 2.05. The predicted molar refractivity (Wildman–Crippen MR) is 56.7 cm³/mol. The van der Waals surface area contributed by atoms with Gasteiger partial charge in [0, 0.05) is 45.7 Å². The highest BCUT2D eigenvalue weighted by Crippen LogP contribution is 2.12. The van der Waals surface area contributed by atoms with Gasteiger partial charge < -0.3 is 14.8 Å². The predicted octanol–water partition coefficient (Wildman–Crippen LogP) is 0.492. The summed E-state index contributed by atoms with van der Waals surface area (Å²) < 4.78 is 0. The smallest absolute Gasteiger partial charge is 0.319 e. The van der Waals surface area contributed by atoms with Crippen LogP contribution in [0.5, 0.6) is 0 Å². The third-order valence-electron chi connectivity index (χ3n) is 2.71. The highest BCUT2D eigenvalue weighted by atomic mass is 16.2. The second-order valence-electron chi connectivity index (χ2n) is 3.99. The number of carbonyl (C=O) groups is 1. The highest BCUT2D eigenvalue weighted by Gasteiger charge is 2.20. The summed E-state index contributed by atoms with van der Waals surface area (Å²) in [5.74, 6) is 0. The lowest BCUT2D eigenvalue weighted by atomic mass is 10.2. The van der Waals surface area contributed by atoms with Crippen molar-refractivity contribution in [2.75, 3.05) is 27.2 Å². The first kappa shape index (κ1) is 10.0. The van der Waals surface area contributed by atoms with Crippen molar-refractivity contribution >= 4 is 6.03 Å². The Bertz CT molecular complexity index is 336. The molecule has 0 unspecified atom stereocenters. The SMILES string of the molecule is CN(C)C(=O)N1CCc2nc[nH]c2CC1. The third kappa shape index (κ3) is 1.95. The van der Waals surface area contributed by atoms with Crippen LogP contribution in [0.2, 0.25) is 0 Å². The second-order valence-corrected chi connectivity index (χ2v) is 3.99. The van der Waals surface area contributed by atoms with E-state index in [0.29, 0.717) is 0 Å². The second kappa shape index (κ2) is 3.92. The fourth-order valence-corrected chi connectivity index (χ4v) is 1.85. The number of nitrogens with zero attached hydrogens (tertiary/aromatic N) is 3. The third-order valence-corrected chi connectivity index (χ3v) is 2.71. The van der Waals surface area contributed by atoms with Gasteiger partial charge in [-0.2, -0.15) is 0 Å². The summed E-state index contributed by atoms with van der Waals surface area (Å²) in [4.78, 5) is 22.6. The number of aromatic amines is 1. The molecule has 1 aromatic heterocycles. The summed E-state index contributed by atoms with van der Waals surface area (Å²) in [6.07, 6.45) is 3.45. The van der Waals surface area contributed by atoms with Gasteiger partial charge in [0.1, 0.15) is 0 Å². The number of urea groups is 1. The minimum Gasteiger partial charge on any atom is -0.348 e. The number of H-pyrrole nitrogens is 1. The zero-order valence-corrected chi connectivity index (χ0v) is 9.16. The molecule has 0 saturated carbocycles. The van der Waals surface area contributed by atoms with E-state index in [1.165, 1.54) is 5.69 Å². The van der Waals surface area contributed by atoms with Crippen molar-refractivity contribution in [1.29, 1.82) is 0 Å². The Kier molecular flexibility index (Phi) is 2.62. The first-order chi connectivity index (χ1) is 7.18. The van der Waals surface area contributed by atoms with Gasteiger partial charge in [0.2, 0.25) is 0 Å². The van der Waals surface area contributed by atoms with E-state index in [4.69, 9.17) is 0 Å². The summed E-state index contributed by atoms with van der Waals surface area (Å²) in [7, 11) is 3.56. The maximum absolute atomic E-state index is 11.7. The van der Waals surface area contributed by atoms with Crippen LogP contribution < -0.4 is 0 Å². The molecule has 1 aromatic rings. The van der Waals surface area contributed by atoms with Gasteiger partial charge in [-0.1, -0.05) is 0 Å². The lowest BCUT2D eigenvalue weighted by molar-refractivity contribution is 0.173. The minimum atomic E-state index is 0.0835. The van der Waals surface area contributed by atoms with Gasteiger partial charge in [0.05, 0.1) is 12.0 Å². The van der Waals surface area contributed by atoms with Crippen LogP contribution in [-0.4, -0.2) is 53.0 Å². The molecule has 0 aliphatic carbocycles. The number of fused-ring (bicyclic) bond motifs is 1. The van der Waals surface area contributed by atoms with E-state index in [2.05, 4.69) is 9.97 Å². The van der Waals surface area contributed by atoms with Crippen LogP contribution in [0, 0.1) is 0 Å². The standard InChI is InChI=1S/C10H16N4O/c1-13(2)10(15)14-5-3-8-9(4-6-14)12-7-11-8/h7H,3-6H2,1-2H3,(H,11,12). The summed E-state index contributed by atoms with van der Waals surface area (Å²) in [5.41, 5.74) is 2.27. The molecule has 0 fully saturated rings. The molecule has 0 spiro atoms. The van der Waals surface area contributed by atoms with Crippen molar-refractivity contribution in [3.8, 4) is 0 Å². The zero-order valence-electron chi connectivity index (χ0n) is 9.16. The lowest BCUT2D eigenvalue weighted by Gasteiger charge is -2.24. The van der Waals surface area contributed by atoms with E-state index in [1.54, 1.807) is 25.3 Å². The lowest BCUT2D eigenvalue weighted by Crippen LogP contribution is -2.40. The van der Waals surface area contributed by atoms with Crippen molar-refractivity contribution in [2.24, 2.45) is 0 Å². The van der Waals surface area contributed by atoms with Crippen molar-refractivity contribution in [1.82, 2.24) is 19.8 Å². The van der Waals surface area contributed by atoms with Gasteiger partial charge in [0.15, 0.2) is 0 Å². The van der Waals surface area contributed by atoms with E-state index >= 15 is 0 Å². The maximum atomic E-state index is 11.7. The van der Waals surface area contributed by atoms with E-state index in [1.807, 2.05) is 4.90 Å². The Morgan fingerprint density at radius 3 is 2.93 bits per heavy atom. The molecule has 0 atom stereocenters. The summed E-state index contributed by atoms with van der Waals surface area (Å²) in [6.45, 7) is 1.53. The van der Waals surface area contributed by atoms with Crippen LogP contribution in [-0.2, 0) is 12.8 Å². The average molecular weight is 208 g/mol. The Morgan fingerprint density at radius 1 is 1.47 bits per heavy atom. The molecule has 1 N–H and O–H groups in total. The van der Waals surface area contributed by atoms with Gasteiger partial charge >= 0.3 is 6.03 Å². The molecule has 1 aliphatic heterocycles. The molecule has 2 heterocycles. The fourth-order valence-electron chi connectivity index (χ4n) is 1.85. The molecule has 82 valence electrons. The molecule has 1 aliphatic rings. The van der Waals surface area contributed by atoms with E-state index in [-0.39, 0.29) is 6.03 Å². The zero-order chi connectivity index (χ0) is 10.8. The topological polar surface area (TPSA) is 52.2 Å². The first-order valence-corrected chi connectivity index (χ1v) is 5.16. The van der Waals surface area contributed by atoms with E-state index < -0.39 is 0 Å². The maximum Gasteiger partial charge on any atom is 0.319 e. The van der Waals surface area contributed by atoms with Crippen LogP contribution in [0.1, 0.15) is 11.4 Å². The molecular weight excluding hydrogens is 192 g/mol. The monoisotopic (exact) mass is 208 g/mol. The molecule has 0 radical (unpaired) electrons. The van der Waals surface area contributed by atoms with Gasteiger partial charge in [-0.05, 0) is 0 Å². The summed E-state index contributed by atoms with van der Waals surface area (Å²) in [5, 5.41) is 0. The molecular formula is C10H16N4O. The van der Waals surface area contributed by atoms with Crippen LogP contribution in [0.3, 0.4) is 0 Å². The fraction of sp³-hybridized carbons (Fsp3) is 0.600. The number of imidazole rings is 1. The molecule has 0 aromatic carbocycles. The molecule has 2 amide bonds. The molecule has 5 heteroatoms. The number of hydrogen-bond donors (Lipinski definition) is 1. The van der Waals surface area contributed by atoms with Crippen molar-refractivity contribution in [2.45, 2.75) is 12.8 Å². The van der Waals surface area contributed by atoms with Crippen LogP contribution in [0.15, 0.2) is 6.33 Å². The molecule has 5 nitrogen and oxygen atoms in total. The van der Waals surface area contributed by atoms with E-state index in [9.17, 15) is 4.79 Å². The quantitative estimate of drug-likeness (QED) is 0.674. The summed E-state index contributed by atoms with van der Waals surface area (Å²) in [6, 6.07) is 0.0835. The Hall–Kier alpha value is -1.52. The van der Waals surface area contributed by atoms with Gasteiger partial charge in [-0.15, -0.1) is 0 Å². The van der Waals surface area contributed by atoms with Gasteiger partial charge in [-0.25, -0.2) is 9.78 Å². The first-order valence-electron chi connectivity index (χ1n) is 5.16. The molecule has 2 rings (SSSR count).